The van der Waals surface area contributed by atoms with Gasteiger partial charge in [0.25, 0.3) is 5.91 Å². The van der Waals surface area contributed by atoms with Crippen LogP contribution in [0.5, 0.6) is 0 Å². The first-order chi connectivity index (χ1) is 8.47. The predicted octanol–water partition coefficient (Wildman–Crippen LogP) is 2.94. The van der Waals surface area contributed by atoms with Gasteiger partial charge in [-0.25, -0.2) is 0 Å². The molecular formula is C13H14ClN3O. The monoisotopic (exact) mass is 263 g/mol. The normalized spacial score (nSPS) is 10.4. The maximum atomic E-state index is 12.0. The molecule has 0 radical (unpaired) electrons. The molecule has 0 atom stereocenters. The molecule has 94 valence electrons. The fourth-order valence-corrected chi connectivity index (χ4v) is 2.17. The molecule has 0 aliphatic heterocycles. The van der Waals surface area contributed by atoms with E-state index in [0.717, 1.165) is 11.1 Å². The fraction of sp³-hybridized carbons (Fsp3) is 0.231. The number of carbonyl (C=O) groups excluding carboxylic acids is 1. The van der Waals surface area contributed by atoms with Gasteiger partial charge in [-0.1, -0.05) is 17.7 Å². The van der Waals surface area contributed by atoms with Crippen LogP contribution in [0.1, 0.15) is 21.5 Å². The van der Waals surface area contributed by atoms with E-state index >= 15 is 0 Å². The van der Waals surface area contributed by atoms with E-state index in [-0.39, 0.29) is 5.91 Å². The molecule has 18 heavy (non-hydrogen) atoms. The van der Waals surface area contributed by atoms with Gasteiger partial charge in [-0.15, -0.1) is 0 Å². The number of amides is 1. The molecule has 1 aromatic carbocycles. The number of rotatable bonds is 2. The van der Waals surface area contributed by atoms with Gasteiger partial charge in [0.15, 0.2) is 0 Å². The molecule has 4 nitrogen and oxygen atoms in total. The number of benzene rings is 1. The van der Waals surface area contributed by atoms with Crippen molar-refractivity contribution in [3.8, 4) is 0 Å². The van der Waals surface area contributed by atoms with Gasteiger partial charge >= 0.3 is 0 Å². The highest BCUT2D eigenvalue weighted by atomic mass is 35.5. The van der Waals surface area contributed by atoms with Crippen LogP contribution in [0.2, 0.25) is 5.02 Å². The summed E-state index contributed by atoms with van der Waals surface area (Å²) in [4.78, 5) is 12.0. The fourth-order valence-electron chi connectivity index (χ4n) is 1.80. The van der Waals surface area contributed by atoms with Crippen molar-refractivity contribution in [2.75, 3.05) is 5.32 Å². The number of hydrogen-bond acceptors (Lipinski definition) is 2. The number of aryl methyl sites for hydroxylation is 3. The lowest BCUT2D eigenvalue weighted by Gasteiger charge is -2.10. The van der Waals surface area contributed by atoms with Crippen molar-refractivity contribution in [1.29, 1.82) is 0 Å². The Hall–Kier alpha value is -1.81. The summed E-state index contributed by atoms with van der Waals surface area (Å²) in [7, 11) is 1.76. The van der Waals surface area contributed by atoms with E-state index in [4.69, 9.17) is 11.6 Å². The largest absolute Gasteiger partial charge is 0.320 e. The lowest BCUT2D eigenvalue weighted by atomic mass is 10.1. The standard InChI is InChI=1S/C13H14ClN3O/c1-8-4-9(2)12(11(14)5-8)16-13(18)10-6-15-17(3)7-10/h4-7H,1-3H3,(H,16,18). The molecule has 0 bridgehead atoms. The molecule has 2 rings (SSSR count). The zero-order valence-electron chi connectivity index (χ0n) is 10.5. The van der Waals surface area contributed by atoms with Crippen LogP contribution in [0.15, 0.2) is 24.5 Å². The van der Waals surface area contributed by atoms with Gasteiger partial charge in [-0.05, 0) is 31.0 Å². The molecule has 0 saturated heterocycles. The van der Waals surface area contributed by atoms with E-state index in [1.165, 1.54) is 6.20 Å². The molecule has 1 heterocycles. The zero-order chi connectivity index (χ0) is 13.3. The van der Waals surface area contributed by atoms with Crippen LogP contribution in [0.25, 0.3) is 0 Å². The summed E-state index contributed by atoms with van der Waals surface area (Å²) in [6.07, 6.45) is 3.18. The maximum absolute atomic E-state index is 12.0. The Kier molecular flexibility index (Phi) is 3.39. The average molecular weight is 264 g/mol. The highest BCUT2D eigenvalue weighted by Crippen LogP contribution is 2.27. The summed E-state index contributed by atoms with van der Waals surface area (Å²) < 4.78 is 1.58. The number of hydrogen-bond donors (Lipinski definition) is 1. The molecule has 1 N–H and O–H groups in total. The van der Waals surface area contributed by atoms with E-state index in [1.807, 2.05) is 26.0 Å². The molecule has 0 fully saturated rings. The molecular weight excluding hydrogens is 250 g/mol. The molecule has 1 aromatic heterocycles. The van der Waals surface area contributed by atoms with Gasteiger partial charge in [0.2, 0.25) is 0 Å². The Morgan fingerprint density at radius 3 is 2.67 bits per heavy atom. The van der Waals surface area contributed by atoms with E-state index in [0.29, 0.717) is 16.3 Å². The summed E-state index contributed by atoms with van der Waals surface area (Å²) in [5, 5.41) is 7.32. The third-order valence-corrected chi connectivity index (χ3v) is 2.94. The van der Waals surface area contributed by atoms with Crippen molar-refractivity contribution in [2.24, 2.45) is 7.05 Å². The SMILES string of the molecule is Cc1cc(C)c(NC(=O)c2cnn(C)c2)c(Cl)c1. The first kappa shape index (κ1) is 12.6. The number of aromatic nitrogens is 2. The second-order valence-electron chi connectivity index (χ2n) is 4.30. The topological polar surface area (TPSA) is 46.9 Å². The van der Waals surface area contributed by atoms with E-state index in [1.54, 1.807) is 17.9 Å². The van der Waals surface area contributed by atoms with Crippen molar-refractivity contribution in [2.45, 2.75) is 13.8 Å². The van der Waals surface area contributed by atoms with Crippen LogP contribution < -0.4 is 5.32 Å². The van der Waals surface area contributed by atoms with Gasteiger partial charge < -0.3 is 5.32 Å². The van der Waals surface area contributed by atoms with Gasteiger partial charge in [-0.3, -0.25) is 9.48 Å². The van der Waals surface area contributed by atoms with Gasteiger partial charge in [0, 0.05) is 13.2 Å². The van der Waals surface area contributed by atoms with E-state index < -0.39 is 0 Å². The molecule has 0 aliphatic rings. The quantitative estimate of drug-likeness (QED) is 0.906. The van der Waals surface area contributed by atoms with Crippen LogP contribution in [0, 0.1) is 13.8 Å². The number of anilines is 1. The van der Waals surface area contributed by atoms with Crippen LogP contribution in [-0.4, -0.2) is 15.7 Å². The molecule has 0 saturated carbocycles. The van der Waals surface area contributed by atoms with Gasteiger partial charge in [0.1, 0.15) is 0 Å². The summed E-state index contributed by atoms with van der Waals surface area (Å²) in [5.41, 5.74) is 3.17. The minimum atomic E-state index is -0.211. The Morgan fingerprint density at radius 2 is 2.11 bits per heavy atom. The first-order valence-electron chi connectivity index (χ1n) is 5.54. The minimum Gasteiger partial charge on any atom is -0.320 e. The third-order valence-electron chi connectivity index (χ3n) is 2.64. The molecule has 0 spiro atoms. The van der Waals surface area contributed by atoms with Crippen molar-refractivity contribution in [3.63, 3.8) is 0 Å². The molecule has 2 aromatic rings. The smallest absolute Gasteiger partial charge is 0.258 e. The Morgan fingerprint density at radius 1 is 1.39 bits per heavy atom. The van der Waals surface area contributed by atoms with Crippen LogP contribution in [0.4, 0.5) is 5.69 Å². The second kappa shape index (κ2) is 4.82. The summed E-state index contributed by atoms with van der Waals surface area (Å²) in [6.45, 7) is 3.88. The third kappa shape index (κ3) is 2.54. The zero-order valence-corrected chi connectivity index (χ0v) is 11.2. The van der Waals surface area contributed by atoms with Crippen molar-refractivity contribution in [3.05, 3.63) is 46.2 Å². The van der Waals surface area contributed by atoms with Gasteiger partial charge in [0.05, 0.1) is 22.5 Å². The van der Waals surface area contributed by atoms with Crippen LogP contribution in [-0.2, 0) is 7.05 Å². The van der Waals surface area contributed by atoms with Gasteiger partial charge in [-0.2, -0.15) is 5.10 Å². The number of nitrogens with zero attached hydrogens (tertiary/aromatic N) is 2. The minimum absolute atomic E-state index is 0.211. The summed E-state index contributed by atoms with van der Waals surface area (Å²) in [6, 6.07) is 3.80. The lowest BCUT2D eigenvalue weighted by molar-refractivity contribution is 0.102. The molecule has 5 heteroatoms. The highest BCUT2D eigenvalue weighted by Gasteiger charge is 2.12. The molecule has 0 unspecified atom stereocenters. The van der Waals surface area contributed by atoms with Crippen molar-refractivity contribution in [1.82, 2.24) is 9.78 Å². The molecule has 1 amide bonds. The summed E-state index contributed by atoms with van der Waals surface area (Å²) in [5.74, 6) is -0.211. The van der Waals surface area contributed by atoms with E-state index in [2.05, 4.69) is 10.4 Å². The Balaban J connectivity index is 2.27. The van der Waals surface area contributed by atoms with Crippen LogP contribution in [0.3, 0.4) is 0 Å². The Bertz CT molecular complexity index is 581. The van der Waals surface area contributed by atoms with Crippen LogP contribution >= 0.6 is 11.6 Å². The Labute approximate surface area is 111 Å². The summed E-state index contributed by atoms with van der Waals surface area (Å²) >= 11 is 6.14. The number of carbonyl (C=O) groups is 1. The predicted molar refractivity (Wildman–Crippen MR) is 72.1 cm³/mol. The number of halogens is 1. The second-order valence-corrected chi connectivity index (χ2v) is 4.70. The van der Waals surface area contributed by atoms with E-state index in [9.17, 15) is 4.79 Å². The maximum Gasteiger partial charge on any atom is 0.258 e. The number of nitrogens with one attached hydrogen (secondary N) is 1. The highest BCUT2D eigenvalue weighted by molar-refractivity contribution is 6.34. The average Bonchev–Trinajstić information content (AvgIpc) is 2.70. The first-order valence-corrected chi connectivity index (χ1v) is 5.92. The van der Waals surface area contributed by atoms with Crippen molar-refractivity contribution >= 4 is 23.2 Å². The van der Waals surface area contributed by atoms with Crippen molar-refractivity contribution < 1.29 is 4.79 Å². The lowest BCUT2D eigenvalue weighted by Crippen LogP contribution is -2.12. The molecule has 0 aliphatic carbocycles.